The minimum atomic E-state index is 0.921. The van der Waals surface area contributed by atoms with E-state index in [2.05, 4.69) is 27.7 Å². The predicted octanol–water partition coefficient (Wildman–Crippen LogP) is 3.57. The van der Waals surface area contributed by atoms with Crippen molar-refractivity contribution in [2.75, 3.05) is 0 Å². The highest BCUT2D eigenvalue weighted by molar-refractivity contribution is 5.03. The molecule has 12 heavy (non-hydrogen) atoms. The van der Waals surface area contributed by atoms with E-state index in [1.165, 1.54) is 0 Å². The average Bonchev–Trinajstić information content (AvgIpc) is 2.60. The summed E-state index contributed by atoms with van der Waals surface area (Å²) >= 11 is 0. The van der Waals surface area contributed by atoms with E-state index in [1.807, 2.05) is 0 Å². The molecule has 2 rings (SSSR count). The third-order valence-corrected chi connectivity index (χ3v) is 4.17. The van der Waals surface area contributed by atoms with Crippen LogP contribution in [-0.2, 0) is 0 Å². The Morgan fingerprint density at radius 3 is 2.00 bits per heavy atom. The summed E-state index contributed by atoms with van der Waals surface area (Å²) in [6.45, 7) is 9.65. The Hall–Kier alpha value is 0. The van der Waals surface area contributed by atoms with Gasteiger partial charge in [0.15, 0.2) is 0 Å². The molecule has 0 heterocycles. The van der Waals surface area contributed by atoms with E-state index in [1.54, 1.807) is 12.8 Å². The molecule has 0 aromatic rings. The van der Waals surface area contributed by atoms with Gasteiger partial charge in [-0.2, -0.15) is 0 Å². The second-order valence-corrected chi connectivity index (χ2v) is 5.62. The molecule has 0 amide bonds. The van der Waals surface area contributed by atoms with Gasteiger partial charge < -0.3 is 0 Å². The fourth-order valence-corrected chi connectivity index (χ4v) is 3.54. The van der Waals surface area contributed by atoms with Crippen LogP contribution >= 0.6 is 0 Å². The van der Waals surface area contributed by atoms with Crippen molar-refractivity contribution >= 4 is 0 Å². The number of fused-ring (bicyclic) bond motifs is 1. The van der Waals surface area contributed by atoms with E-state index in [4.69, 9.17) is 0 Å². The van der Waals surface area contributed by atoms with Gasteiger partial charge in [-0.3, -0.25) is 0 Å². The van der Waals surface area contributed by atoms with E-state index >= 15 is 0 Å². The highest BCUT2D eigenvalue weighted by atomic mass is 14.6. The van der Waals surface area contributed by atoms with Crippen molar-refractivity contribution in [2.24, 2.45) is 35.5 Å². The standard InChI is InChI=1S/C12H22/c1-7(2)10-5-9-6-11(9)12(10)8(3)4/h7-12H,5-6H2,1-4H3. The van der Waals surface area contributed by atoms with Gasteiger partial charge in [-0.1, -0.05) is 27.7 Å². The molecule has 0 bridgehead atoms. The minimum absolute atomic E-state index is 0.921. The quantitative estimate of drug-likeness (QED) is 0.588. The highest BCUT2D eigenvalue weighted by Crippen LogP contribution is 2.61. The maximum atomic E-state index is 2.42. The molecular formula is C12H22. The molecular weight excluding hydrogens is 144 g/mol. The molecule has 2 fully saturated rings. The molecule has 2 aliphatic rings. The third-order valence-electron chi connectivity index (χ3n) is 4.17. The molecule has 2 aliphatic carbocycles. The molecule has 4 unspecified atom stereocenters. The molecule has 0 aromatic heterocycles. The second kappa shape index (κ2) is 2.75. The molecule has 4 atom stereocenters. The van der Waals surface area contributed by atoms with Crippen molar-refractivity contribution in [3.8, 4) is 0 Å². The minimum Gasteiger partial charge on any atom is -0.0625 e. The zero-order valence-corrected chi connectivity index (χ0v) is 8.88. The van der Waals surface area contributed by atoms with E-state index in [9.17, 15) is 0 Å². The van der Waals surface area contributed by atoms with Crippen LogP contribution < -0.4 is 0 Å². The summed E-state index contributed by atoms with van der Waals surface area (Å²) in [6.07, 6.45) is 3.11. The first-order chi connectivity index (χ1) is 5.61. The van der Waals surface area contributed by atoms with E-state index in [-0.39, 0.29) is 0 Å². The van der Waals surface area contributed by atoms with Crippen molar-refractivity contribution in [1.29, 1.82) is 0 Å². The van der Waals surface area contributed by atoms with Crippen LogP contribution in [0.2, 0.25) is 0 Å². The first kappa shape index (κ1) is 8.59. The molecule has 0 aromatic carbocycles. The summed E-state index contributed by atoms with van der Waals surface area (Å²) in [7, 11) is 0. The van der Waals surface area contributed by atoms with Gasteiger partial charge in [-0.05, 0) is 48.3 Å². The fraction of sp³-hybridized carbons (Fsp3) is 1.00. The molecule has 2 saturated carbocycles. The van der Waals surface area contributed by atoms with Crippen molar-refractivity contribution in [1.82, 2.24) is 0 Å². The Morgan fingerprint density at radius 2 is 1.58 bits per heavy atom. The average molecular weight is 166 g/mol. The summed E-state index contributed by atoms with van der Waals surface area (Å²) in [6, 6.07) is 0. The van der Waals surface area contributed by atoms with Crippen molar-refractivity contribution < 1.29 is 0 Å². The lowest BCUT2D eigenvalue weighted by atomic mass is 9.77. The Labute approximate surface area is 76.7 Å². The maximum Gasteiger partial charge on any atom is -0.0329 e. The molecule has 0 aliphatic heterocycles. The van der Waals surface area contributed by atoms with Gasteiger partial charge in [0.1, 0.15) is 0 Å². The first-order valence-corrected chi connectivity index (χ1v) is 5.61. The zero-order valence-electron chi connectivity index (χ0n) is 8.88. The molecule has 0 spiro atoms. The third kappa shape index (κ3) is 1.20. The molecule has 0 saturated heterocycles. The van der Waals surface area contributed by atoms with Gasteiger partial charge in [0.25, 0.3) is 0 Å². The summed E-state index contributed by atoms with van der Waals surface area (Å²) in [5.74, 6) is 6.24. The lowest BCUT2D eigenvalue weighted by molar-refractivity contribution is 0.201. The lowest BCUT2D eigenvalue weighted by Gasteiger charge is -2.29. The van der Waals surface area contributed by atoms with Crippen LogP contribution in [-0.4, -0.2) is 0 Å². The van der Waals surface area contributed by atoms with E-state index in [0.29, 0.717) is 0 Å². The van der Waals surface area contributed by atoms with Crippen LogP contribution in [0.3, 0.4) is 0 Å². The van der Waals surface area contributed by atoms with Gasteiger partial charge in [-0.25, -0.2) is 0 Å². The summed E-state index contributed by atoms with van der Waals surface area (Å²) in [4.78, 5) is 0. The Morgan fingerprint density at radius 1 is 0.917 bits per heavy atom. The second-order valence-electron chi connectivity index (χ2n) is 5.62. The molecule has 70 valence electrons. The van der Waals surface area contributed by atoms with Crippen molar-refractivity contribution in [3.05, 3.63) is 0 Å². The van der Waals surface area contributed by atoms with E-state index < -0.39 is 0 Å². The predicted molar refractivity (Wildman–Crippen MR) is 52.9 cm³/mol. The maximum absolute atomic E-state index is 2.42. The number of rotatable bonds is 2. The van der Waals surface area contributed by atoms with Crippen LogP contribution in [0.25, 0.3) is 0 Å². The van der Waals surface area contributed by atoms with Crippen LogP contribution in [0.4, 0.5) is 0 Å². The monoisotopic (exact) mass is 166 g/mol. The van der Waals surface area contributed by atoms with Crippen LogP contribution in [0.1, 0.15) is 40.5 Å². The highest BCUT2D eigenvalue weighted by Gasteiger charge is 2.54. The van der Waals surface area contributed by atoms with Gasteiger partial charge in [0.05, 0.1) is 0 Å². The van der Waals surface area contributed by atoms with Gasteiger partial charge in [0.2, 0.25) is 0 Å². The molecule has 0 nitrogen and oxygen atoms in total. The van der Waals surface area contributed by atoms with Gasteiger partial charge >= 0.3 is 0 Å². The zero-order chi connectivity index (χ0) is 8.88. The Balaban J connectivity index is 2.06. The fourth-order valence-electron chi connectivity index (χ4n) is 3.54. The summed E-state index contributed by atoms with van der Waals surface area (Å²) in [5, 5.41) is 0. The van der Waals surface area contributed by atoms with Crippen molar-refractivity contribution in [2.45, 2.75) is 40.5 Å². The Kier molecular flexibility index (Phi) is 1.97. The lowest BCUT2D eigenvalue weighted by Crippen LogP contribution is -2.22. The molecule has 0 radical (unpaired) electrons. The number of hydrogen-bond donors (Lipinski definition) is 0. The van der Waals surface area contributed by atoms with E-state index in [0.717, 1.165) is 35.5 Å². The summed E-state index contributed by atoms with van der Waals surface area (Å²) < 4.78 is 0. The SMILES string of the molecule is CC(C)C1CC2CC2C1C(C)C. The van der Waals surface area contributed by atoms with Crippen LogP contribution in [0, 0.1) is 35.5 Å². The first-order valence-electron chi connectivity index (χ1n) is 5.61. The topological polar surface area (TPSA) is 0 Å². The van der Waals surface area contributed by atoms with Gasteiger partial charge in [-0.15, -0.1) is 0 Å². The number of hydrogen-bond acceptors (Lipinski definition) is 0. The Bertz CT molecular complexity index is 169. The largest absolute Gasteiger partial charge is 0.0625 e. The summed E-state index contributed by atoms with van der Waals surface area (Å²) in [5.41, 5.74) is 0. The molecule has 0 N–H and O–H groups in total. The van der Waals surface area contributed by atoms with Crippen LogP contribution in [0.5, 0.6) is 0 Å². The smallest absolute Gasteiger partial charge is 0.0329 e. The normalized spacial score (nSPS) is 45.5. The van der Waals surface area contributed by atoms with Gasteiger partial charge in [0, 0.05) is 0 Å². The van der Waals surface area contributed by atoms with Crippen molar-refractivity contribution in [3.63, 3.8) is 0 Å². The molecule has 0 heteroatoms. The van der Waals surface area contributed by atoms with Crippen LogP contribution in [0.15, 0.2) is 0 Å².